The molecule has 92 valence electrons. The van der Waals surface area contributed by atoms with Crippen LogP contribution in [-0.2, 0) is 14.9 Å². The molecule has 1 aliphatic heterocycles. The van der Waals surface area contributed by atoms with Crippen LogP contribution in [0.4, 0.5) is 0 Å². The molecule has 3 nitrogen and oxygen atoms in total. The monoisotopic (exact) mass is 254 g/mol. The SMILES string of the molecule is CCC(C(=O)O)C1(c2ccc(Cl)cc2)COC1. The van der Waals surface area contributed by atoms with Gasteiger partial charge in [0.1, 0.15) is 0 Å². The lowest BCUT2D eigenvalue weighted by Gasteiger charge is -2.45. The molecular weight excluding hydrogens is 240 g/mol. The lowest BCUT2D eigenvalue weighted by molar-refractivity contribution is -0.157. The number of benzene rings is 1. The van der Waals surface area contributed by atoms with Crippen LogP contribution in [0.2, 0.25) is 5.02 Å². The third kappa shape index (κ3) is 2.05. The van der Waals surface area contributed by atoms with E-state index in [4.69, 9.17) is 16.3 Å². The van der Waals surface area contributed by atoms with Gasteiger partial charge >= 0.3 is 5.97 Å². The average Bonchev–Trinajstić information content (AvgIpc) is 2.24. The molecular formula is C13H15ClO3. The van der Waals surface area contributed by atoms with Crippen LogP contribution in [0.1, 0.15) is 18.9 Å². The minimum atomic E-state index is -0.759. The van der Waals surface area contributed by atoms with Gasteiger partial charge in [-0.15, -0.1) is 0 Å². The van der Waals surface area contributed by atoms with Crippen molar-refractivity contribution in [2.24, 2.45) is 5.92 Å². The first kappa shape index (κ1) is 12.4. The first-order valence-corrected chi connectivity index (χ1v) is 6.04. The Kier molecular flexibility index (Phi) is 3.40. The van der Waals surface area contributed by atoms with E-state index in [1.54, 1.807) is 12.1 Å². The van der Waals surface area contributed by atoms with Gasteiger partial charge in [-0.25, -0.2) is 0 Å². The zero-order chi connectivity index (χ0) is 12.5. The van der Waals surface area contributed by atoms with Crippen molar-refractivity contribution in [2.75, 3.05) is 13.2 Å². The van der Waals surface area contributed by atoms with E-state index in [-0.39, 0.29) is 5.41 Å². The molecule has 1 saturated heterocycles. The summed E-state index contributed by atoms with van der Waals surface area (Å²) >= 11 is 5.85. The van der Waals surface area contributed by atoms with Crippen LogP contribution in [0.15, 0.2) is 24.3 Å². The average molecular weight is 255 g/mol. The fraction of sp³-hybridized carbons (Fsp3) is 0.462. The van der Waals surface area contributed by atoms with E-state index in [0.29, 0.717) is 24.7 Å². The van der Waals surface area contributed by atoms with Gasteiger partial charge in [-0.2, -0.15) is 0 Å². The third-order valence-electron chi connectivity index (χ3n) is 3.51. The summed E-state index contributed by atoms with van der Waals surface area (Å²) in [6.45, 7) is 2.84. The quantitative estimate of drug-likeness (QED) is 0.899. The lowest BCUT2D eigenvalue weighted by Crippen LogP contribution is -2.54. The second-order valence-electron chi connectivity index (χ2n) is 4.45. The van der Waals surface area contributed by atoms with Gasteiger partial charge in [0.25, 0.3) is 0 Å². The molecule has 1 unspecified atom stereocenters. The van der Waals surface area contributed by atoms with Crippen LogP contribution in [0.3, 0.4) is 0 Å². The van der Waals surface area contributed by atoms with E-state index < -0.39 is 11.9 Å². The minimum Gasteiger partial charge on any atom is -0.481 e. The first-order valence-electron chi connectivity index (χ1n) is 5.67. The van der Waals surface area contributed by atoms with E-state index in [1.807, 2.05) is 19.1 Å². The molecule has 1 fully saturated rings. The topological polar surface area (TPSA) is 46.5 Å². The molecule has 1 aromatic carbocycles. The Bertz CT molecular complexity index is 409. The van der Waals surface area contributed by atoms with E-state index in [9.17, 15) is 9.90 Å². The maximum Gasteiger partial charge on any atom is 0.307 e. The van der Waals surface area contributed by atoms with Crippen LogP contribution in [-0.4, -0.2) is 24.3 Å². The van der Waals surface area contributed by atoms with Gasteiger partial charge in [0.05, 0.1) is 24.5 Å². The lowest BCUT2D eigenvalue weighted by atomic mass is 9.67. The Morgan fingerprint density at radius 2 is 2.06 bits per heavy atom. The fourth-order valence-corrected chi connectivity index (χ4v) is 2.60. The number of halogens is 1. The van der Waals surface area contributed by atoms with E-state index in [1.165, 1.54) is 0 Å². The summed E-state index contributed by atoms with van der Waals surface area (Å²) in [7, 11) is 0. The molecule has 1 heterocycles. The molecule has 0 bridgehead atoms. The molecule has 1 N–H and O–H groups in total. The summed E-state index contributed by atoms with van der Waals surface area (Å²) in [5, 5.41) is 9.97. The van der Waals surface area contributed by atoms with Crippen LogP contribution in [0.5, 0.6) is 0 Å². The molecule has 0 radical (unpaired) electrons. The second-order valence-corrected chi connectivity index (χ2v) is 4.89. The number of carbonyl (C=O) groups is 1. The highest BCUT2D eigenvalue weighted by Crippen LogP contribution is 2.41. The zero-order valence-electron chi connectivity index (χ0n) is 9.65. The van der Waals surface area contributed by atoms with Gasteiger partial charge in [-0.05, 0) is 24.1 Å². The first-order chi connectivity index (χ1) is 8.10. The van der Waals surface area contributed by atoms with Gasteiger partial charge in [-0.1, -0.05) is 30.7 Å². The van der Waals surface area contributed by atoms with Crippen LogP contribution in [0.25, 0.3) is 0 Å². The Balaban J connectivity index is 2.36. The molecule has 1 atom stereocenters. The van der Waals surface area contributed by atoms with Crippen molar-refractivity contribution in [3.8, 4) is 0 Å². The Hall–Kier alpha value is -1.06. The number of rotatable bonds is 4. The molecule has 2 rings (SSSR count). The summed E-state index contributed by atoms with van der Waals surface area (Å²) in [4.78, 5) is 11.3. The number of carboxylic acid groups (broad SMARTS) is 1. The Morgan fingerprint density at radius 3 is 2.41 bits per heavy atom. The highest BCUT2D eigenvalue weighted by atomic mass is 35.5. The van der Waals surface area contributed by atoms with E-state index in [0.717, 1.165) is 5.56 Å². The summed E-state index contributed by atoms with van der Waals surface area (Å²) in [6.07, 6.45) is 0.599. The van der Waals surface area contributed by atoms with Crippen molar-refractivity contribution < 1.29 is 14.6 Å². The molecule has 0 amide bonds. The number of hydrogen-bond acceptors (Lipinski definition) is 2. The highest BCUT2D eigenvalue weighted by Gasteiger charge is 2.49. The largest absolute Gasteiger partial charge is 0.481 e. The standard InChI is InChI=1S/C13H15ClO3/c1-2-11(12(15)16)13(7-17-8-13)9-3-5-10(14)6-4-9/h3-6,11H,2,7-8H2,1H3,(H,15,16). The Morgan fingerprint density at radius 1 is 1.47 bits per heavy atom. The van der Waals surface area contributed by atoms with Crippen LogP contribution >= 0.6 is 11.6 Å². The Labute approximate surface area is 105 Å². The summed E-state index contributed by atoms with van der Waals surface area (Å²) in [5.41, 5.74) is 0.618. The number of aliphatic carboxylic acids is 1. The fourth-order valence-electron chi connectivity index (χ4n) is 2.47. The van der Waals surface area contributed by atoms with Crippen molar-refractivity contribution in [3.05, 3.63) is 34.9 Å². The van der Waals surface area contributed by atoms with Crippen molar-refractivity contribution in [1.82, 2.24) is 0 Å². The molecule has 0 spiro atoms. The van der Waals surface area contributed by atoms with Gasteiger partial charge < -0.3 is 9.84 Å². The molecule has 1 aromatic rings. The van der Waals surface area contributed by atoms with E-state index in [2.05, 4.69) is 0 Å². The predicted molar refractivity (Wildman–Crippen MR) is 65.4 cm³/mol. The summed E-state index contributed by atoms with van der Waals surface area (Å²) < 4.78 is 5.26. The highest BCUT2D eigenvalue weighted by molar-refractivity contribution is 6.30. The van der Waals surface area contributed by atoms with Gasteiger partial charge in [0, 0.05) is 5.02 Å². The van der Waals surface area contributed by atoms with Crippen molar-refractivity contribution >= 4 is 17.6 Å². The van der Waals surface area contributed by atoms with Crippen LogP contribution in [0, 0.1) is 5.92 Å². The number of hydrogen-bond donors (Lipinski definition) is 1. The second kappa shape index (κ2) is 4.67. The van der Waals surface area contributed by atoms with Gasteiger partial charge in [-0.3, -0.25) is 4.79 Å². The van der Waals surface area contributed by atoms with Crippen molar-refractivity contribution in [2.45, 2.75) is 18.8 Å². The smallest absolute Gasteiger partial charge is 0.307 e. The minimum absolute atomic E-state index is 0.384. The van der Waals surface area contributed by atoms with Crippen molar-refractivity contribution in [3.63, 3.8) is 0 Å². The van der Waals surface area contributed by atoms with Gasteiger partial charge in [0.15, 0.2) is 0 Å². The summed E-state index contributed by atoms with van der Waals surface area (Å²) in [5.74, 6) is -1.16. The molecule has 4 heteroatoms. The maximum absolute atomic E-state index is 11.3. The summed E-state index contributed by atoms with van der Waals surface area (Å²) in [6, 6.07) is 7.39. The molecule has 17 heavy (non-hydrogen) atoms. The normalized spacial score (nSPS) is 19.4. The number of ether oxygens (including phenoxy) is 1. The molecule has 1 aliphatic rings. The third-order valence-corrected chi connectivity index (χ3v) is 3.76. The van der Waals surface area contributed by atoms with Crippen LogP contribution < -0.4 is 0 Å². The molecule has 0 aromatic heterocycles. The van der Waals surface area contributed by atoms with Crippen molar-refractivity contribution in [1.29, 1.82) is 0 Å². The zero-order valence-corrected chi connectivity index (χ0v) is 10.4. The predicted octanol–water partition coefficient (Wildman–Crippen LogP) is 2.72. The van der Waals surface area contributed by atoms with E-state index >= 15 is 0 Å². The maximum atomic E-state index is 11.3. The van der Waals surface area contributed by atoms with Gasteiger partial charge in [0.2, 0.25) is 0 Å². The molecule has 0 aliphatic carbocycles. The molecule has 0 saturated carbocycles. The number of carboxylic acids is 1.